The molecule has 0 aliphatic rings. The van der Waals surface area contributed by atoms with E-state index in [2.05, 4.69) is 9.97 Å². The van der Waals surface area contributed by atoms with E-state index in [4.69, 9.17) is 11.0 Å². The van der Waals surface area contributed by atoms with E-state index in [-0.39, 0.29) is 23.8 Å². The normalized spacial score (nSPS) is 10.8. The van der Waals surface area contributed by atoms with Gasteiger partial charge in [-0.2, -0.15) is 5.26 Å². The molecule has 108 valence electrons. The highest BCUT2D eigenvalue weighted by Crippen LogP contribution is 2.21. The molecule has 0 unspecified atom stereocenters. The maximum absolute atomic E-state index is 12.6. The summed E-state index contributed by atoms with van der Waals surface area (Å²) in [5.41, 5.74) is 6.03. The van der Waals surface area contributed by atoms with Gasteiger partial charge in [-0.3, -0.25) is 0 Å². The van der Waals surface area contributed by atoms with E-state index in [1.807, 2.05) is 6.07 Å². The maximum atomic E-state index is 12.6. The van der Waals surface area contributed by atoms with Crippen LogP contribution in [0.2, 0.25) is 0 Å². The van der Waals surface area contributed by atoms with E-state index in [0.717, 1.165) is 4.31 Å². The number of nitrogens with zero attached hydrogens (tertiary/aromatic N) is 4. The standard InChI is InChI=1S/C13H13N5O2S/c14-7-1-10-18(13-16-8-2-9-17-13)21(19,20)12-5-3-11(15)4-6-12/h2-6,8-9H,1,10,15H2. The van der Waals surface area contributed by atoms with Crippen LogP contribution in [0.25, 0.3) is 0 Å². The summed E-state index contributed by atoms with van der Waals surface area (Å²) in [5.74, 6) is 0.0320. The molecular weight excluding hydrogens is 290 g/mol. The van der Waals surface area contributed by atoms with Crippen LogP contribution in [-0.2, 0) is 10.0 Å². The van der Waals surface area contributed by atoms with Crippen LogP contribution in [0.3, 0.4) is 0 Å². The Labute approximate surface area is 122 Å². The number of nitriles is 1. The molecule has 0 aliphatic heterocycles. The number of aromatic nitrogens is 2. The molecule has 1 aromatic heterocycles. The van der Waals surface area contributed by atoms with Gasteiger partial charge in [-0.15, -0.1) is 0 Å². The summed E-state index contributed by atoms with van der Waals surface area (Å²) in [6.07, 6.45) is 2.92. The second-order valence-electron chi connectivity index (χ2n) is 4.10. The Hall–Kier alpha value is -2.66. The van der Waals surface area contributed by atoms with Crippen molar-refractivity contribution in [2.24, 2.45) is 0 Å². The Bertz CT molecular complexity index is 738. The van der Waals surface area contributed by atoms with Gasteiger partial charge in [0.25, 0.3) is 10.0 Å². The highest BCUT2D eigenvalue weighted by Gasteiger charge is 2.26. The second-order valence-corrected chi connectivity index (χ2v) is 5.97. The SMILES string of the molecule is N#CCCN(c1ncccn1)S(=O)(=O)c1ccc(N)cc1. The molecule has 1 heterocycles. The molecule has 7 nitrogen and oxygen atoms in total. The predicted octanol–water partition coefficient (Wildman–Crippen LogP) is 1.17. The molecule has 2 N–H and O–H groups in total. The Morgan fingerprint density at radius 1 is 1.19 bits per heavy atom. The van der Waals surface area contributed by atoms with Gasteiger partial charge in [0.1, 0.15) is 0 Å². The number of nitrogen functional groups attached to an aromatic ring is 1. The van der Waals surface area contributed by atoms with Crippen LogP contribution in [0.15, 0.2) is 47.6 Å². The third-order valence-corrected chi connectivity index (χ3v) is 4.46. The monoisotopic (exact) mass is 303 g/mol. The van der Waals surface area contributed by atoms with Crippen molar-refractivity contribution >= 4 is 21.7 Å². The topological polar surface area (TPSA) is 113 Å². The first kappa shape index (κ1) is 14.7. The summed E-state index contributed by atoms with van der Waals surface area (Å²) in [5, 5.41) is 8.71. The third kappa shape index (κ3) is 3.27. The summed E-state index contributed by atoms with van der Waals surface area (Å²) >= 11 is 0. The van der Waals surface area contributed by atoms with Crippen molar-refractivity contribution in [3.05, 3.63) is 42.7 Å². The molecule has 0 bridgehead atoms. The second kappa shape index (κ2) is 6.19. The third-order valence-electron chi connectivity index (χ3n) is 2.67. The average molecular weight is 303 g/mol. The minimum atomic E-state index is -3.84. The lowest BCUT2D eigenvalue weighted by atomic mass is 10.3. The van der Waals surface area contributed by atoms with Gasteiger partial charge in [-0.05, 0) is 30.3 Å². The molecule has 8 heteroatoms. The molecule has 0 saturated heterocycles. The first-order valence-electron chi connectivity index (χ1n) is 6.08. The lowest BCUT2D eigenvalue weighted by molar-refractivity contribution is 0.589. The van der Waals surface area contributed by atoms with E-state index in [1.165, 1.54) is 36.7 Å². The Kier molecular flexibility index (Phi) is 4.35. The largest absolute Gasteiger partial charge is 0.399 e. The summed E-state index contributed by atoms with van der Waals surface area (Å²) in [6, 6.07) is 9.33. The van der Waals surface area contributed by atoms with Crippen molar-refractivity contribution in [2.75, 3.05) is 16.6 Å². The number of rotatable bonds is 5. The zero-order valence-electron chi connectivity index (χ0n) is 11.0. The van der Waals surface area contributed by atoms with Gasteiger partial charge in [0, 0.05) is 18.1 Å². The average Bonchev–Trinajstić information content (AvgIpc) is 2.49. The van der Waals surface area contributed by atoms with Crippen LogP contribution >= 0.6 is 0 Å². The summed E-state index contributed by atoms with van der Waals surface area (Å²) in [7, 11) is -3.84. The Balaban J connectivity index is 2.45. The summed E-state index contributed by atoms with van der Waals surface area (Å²) in [6.45, 7) is -0.0206. The number of hydrogen-bond acceptors (Lipinski definition) is 6. The fourth-order valence-corrected chi connectivity index (χ4v) is 3.04. The van der Waals surface area contributed by atoms with E-state index >= 15 is 0 Å². The van der Waals surface area contributed by atoms with Crippen LogP contribution in [0.4, 0.5) is 11.6 Å². The summed E-state index contributed by atoms with van der Waals surface area (Å²) < 4.78 is 26.3. The van der Waals surface area contributed by atoms with E-state index < -0.39 is 10.0 Å². The van der Waals surface area contributed by atoms with Crippen molar-refractivity contribution < 1.29 is 8.42 Å². The lowest BCUT2D eigenvalue weighted by Crippen LogP contribution is -2.33. The molecule has 0 atom stereocenters. The van der Waals surface area contributed by atoms with Crippen LogP contribution in [-0.4, -0.2) is 24.9 Å². The summed E-state index contributed by atoms with van der Waals surface area (Å²) in [4.78, 5) is 7.96. The molecule has 2 aromatic rings. The van der Waals surface area contributed by atoms with Crippen LogP contribution in [0, 0.1) is 11.3 Å². The highest BCUT2D eigenvalue weighted by molar-refractivity contribution is 7.92. The van der Waals surface area contributed by atoms with Crippen molar-refractivity contribution in [3.8, 4) is 6.07 Å². The zero-order chi connectivity index (χ0) is 15.3. The van der Waals surface area contributed by atoms with Gasteiger partial charge < -0.3 is 5.73 Å². The van der Waals surface area contributed by atoms with Crippen molar-refractivity contribution in [2.45, 2.75) is 11.3 Å². The molecule has 0 fully saturated rings. The predicted molar refractivity (Wildman–Crippen MR) is 77.6 cm³/mol. The van der Waals surface area contributed by atoms with Gasteiger partial charge in [0.05, 0.1) is 23.9 Å². The minimum Gasteiger partial charge on any atom is -0.399 e. The fourth-order valence-electron chi connectivity index (χ4n) is 1.67. The molecule has 0 aliphatic carbocycles. The first-order chi connectivity index (χ1) is 10.1. The Morgan fingerprint density at radius 3 is 2.38 bits per heavy atom. The number of hydrogen-bond donors (Lipinski definition) is 1. The fraction of sp³-hybridized carbons (Fsp3) is 0.154. The molecule has 1 aromatic carbocycles. The van der Waals surface area contributed by atoms with E-state index in [0.29, 0.717) is 5.69 Å². The zero-order valence-corrected chi connectivity index (χ0v) is 11.9. The smallest absolute Gasteiger partial charge is 0.266 e. The van der Waals surface area contributed by atoms with Gasteiger partial charge in [-0.25, -0.2) is 22.7 Å². The quantitative estimate of drug-likeness (QED) is 0.829. The molecule has 0 amide bonds. The van der Waals surface area contributed by atoms with Crippen LogP contribution < -0.4 is 10.0 Å². The lowest BCUT2D eigenvalue weighted by Gasteiger charge is -2.21. The van der Waals surface area contributed by atoms with Gasteiger partial charge in [-0.1, -0.05) is 0 Å². The van der Waals surface area contributed by atoms with Crippen molar-refractivity contribution in [3.63, 3.8) is 0 Å². The molecular formula is C13H13N5O2S. The number of sulfonamides is 1. The first-order valence-corrected chi connectivity index (χ1v) is 7.52. The number of nitrogens with two attached hydrogens (primary N) is 1. The highest BCUT2D eigenvalue weighted by atomic mass is 32.2. The van der Waals surface area contributed by atoms with Crippen molar-refractivity contribution in [1.82, 2.24) is 9.97 Å². The molecule has 0 radical (unpaired) electrons. The van der Waals surface area contributed by atoms with Gasteiger partial charge in [0.15, 0.2) is 0 Å². The van der Waals surface area contributed by atoms with Gasteiger partial charge in [0.2, 0.25) is 5.95 Å². The van der Waals surface area contributed by atoms with Crippen LogP contribution in [0.1, 0.15) is 6.42 Å². The maximum Gasteiger partial charge on any atom is 0.266 e. The molecule has 0 spiro atoms. The number of benzene rings is 1. The van der Waals surface area contributed by atoms with E-state index in [1.54, 1.807) is 6.07 Å². The van der Waals surface area contributed by atoms with E-state index in [9.17, 15) is 8.42 Å². The number of anilines is 2. The Morgan fingerprint density at radius 2 is 1.81 bits per heavy atom. The minimum absolute atomic E-state index is 0.0206. The molecule has 2 rings (SSSR count). The molecule has 21 heavy (non-hydrogen) atoms. The van der Waals surface area contributed by atoms with Gasteiger partial charge >= 0.3 is 0 Å². The molecule has 0 saturated carbocycles. The van der Waals surface area contributed by atoms with Crippen LogP contribution in [0.5, 0.6) is 0 Å². The van der Waals surface area contributed by atoms with Crippen molar-refractivity contribution in [1.29, 1.82) is 5.26 Å².